The van der Waals surface area contributed by atoms with Crippen molar-refractivity contribution in [3.05, 3.63) is 0 Å². The summed E-state index contributed by atoms with van der Waals surface area (Å²) < 4.78 is 84.4. The standard InChI is InChI=1S/C15H26F6/c1-6-11(7-2)14(17,18)12(8-3,9-4)13(16,10-5)15(19,20)21/h11H,6-10H2,1-5H3. The van der Waals surface area contributed by atoms with Crippen LogP contribution in [0.25, 0.3) is 0 Å². The molecule has 0 radical (unpaired) electrons. The molecule has 0 saturated carbocycles. The van der Waals surface area contributed by atoms with Crippen LogP contribution in [0.15, 0.2) is 0 Å². The Labute approximate surface area is 123 Å². The van der Waals surface area contributed by atoms with E-state index in [2.05, 4.69) is 0 Å². The van der Waals surface area contributed by atoms with E-state index in [9.17, 15) is 26.3 Å². The van der Waals surface area contributed by atoms with E-state index in [1.165, 1.54) is 27.7 Å². The third-order valence-electron chi connectivity index (χ3n) is 5.04. The molecular weight excluding hydrogens is 294 g/mol. The molecule has 0 nitrogen and oxygen atoms in total. The maximum atomic E-state index is 14.9. The summed E-state index contributed by atoms with van der Waals surface area (Å²) in [5, 5.41) is 0. The third kappa shape index (κ3) is 2.91. The second-order valence-corrected chi connectivity index (χ2v) is 5.58. The Kier molecular flexibility index (Phi) is 6.64. The number of rotatable bonds is 8. The molecular formula is C15H26F6. The van der Waals surface area contributed by atoms with E-state index in [1.54, 1.807) is 0 Å². The van der Waals surface area contributed by atoms with Crippen LogP contribution in [0.4, 0.5) is 26.3 Å². The van der Waals surface area contributed by atoms with Crippen molar-refractivity contribution in [1.82, 2.24) is 0 Å². The van der Waals surface area contributed by atoms with E-state index in [0.717, 1.165) is 6.92 Å². The summed E-state index contributed by atoms with van der Waals surface area (Å²) in [4.78, 5) is 0. The first-order chi connectivity index (χ1) is 9.45. The summed E-state index contributed by atoms with van der Waals surface area (Å²) in [6.45, 7) is 6.41. The van der Waals surface area contributed by atoms with Crippen LogP contribution in [0.1, 0.15) is 66.7 Å². The smallest absolute Gasteiger partial charge is 0.233 e. The number of alkyl halides is 6. The summed E-state index contributed by atoms with van der Waals surface area (Å²) in [6.07, 6.45) is -7.41. The van der Waals surface area contributed by atoms with E-state index in [-0.39, 0.29) is 12.8 Å². The maximum Gasteiger partial charge on any atom is 0.423 e. The minimum absolute atomic E-state index is 0.0168. The molecule has 128 valence electrons. The average Bonchev–Trinajstić information content (AvgIpc) is 2.39. The molecule has 0 amide bonds. The zero-order chi connectivity index (χ0) is 17.1. The fourth-order valence-electron chi connectivity index (χ4n) is 3.55. The van der Waals surface area contributed by atoms with Crippen LogP contribution in [0.3, 0.4) is 0 Å². The summed E-state index contributed by atoms with van der Waals surface area (Å²) in [5.41, 5.74) is -6.63. The molecule has 0 rings (SSSR count). The minimum Gasteiger partial charge on any atom is -0.233 e. The molecule has 0 aromatic heterocycles. The van der Waals surface area contributed by atoms with E-state index >= 15 is 0 Å². The number of hydrogen-bond donors (Lipinski definition) is 0. The normalized spacial score (nSPS) is 17.1. The fraction of sp³-hybridized carbons (Fsp3) is 1.00. The van der Waals surface area contributed by atoms with Crippen molar-refractivity contribution in [2.45, 2.75) is 84.5 Å². The van der Waals surface area contributed by atoms with Gasteiger partial charge < -0.3 is 0 Å². The lowest BCUT2D eigenvalue weighted by Crippen LogP contribution is -2.64. The first kappa shape index (κ1) is 20.6. The molecule has 0 bridgehead atoms. The van der Waals surface area contributed by atoms with Gasteiger partial charge in [0.1, 0.15) is 0 Å². The summed E-state index contributed by atoms with van der Waals surface area (Å²) in [6, 6.07) is 0. The molecule has 0 aliphatic carbocycles. The van der Waals surface area contributed by atoms with Crippen LogP contribution in [0.2, 0.25) is 0 Å². The first-order valence-electron chi connectivity index (χ1n) is 7.59. The van der Waals surface area contributed by atoms with Crippen LogP contribution >= 0.6 is 0 Å². The van der Waals surface area contributed by atoms with Crippen molar-refractivity contribution in [1.29, 1.82) is 0 Å². The molecule has 0 aromatic rings. The molecule has 1 unspecified atom stereocenters. The molecule has 0 aromatic carbocycles. The Morgan fingerprint density at radius 2 is 1.05 bits per heavy atom. The molecule has 21 heavy (non-hydrogen) atoms. The molecule has 1 atom stereocenters. The van der Waals surface area contributed by atoms with E-state index in [4.69, 9.17) is 0 Å². The molecule has 0 spiro atoms. The van der Waals surface area contributed by atoms with Gasteiger partial charge in [0, 0.05) is 5.92 Å². The Bertz CT molecular complexity index is 315. The van der Waals surface area contributed by atoms with Gasteiger partial charge in [-0.2, -0.15) is 13.2 Å². The largest absolute Gasteiger partial charge is 0.423 e. The van der Waals surface area contributed by atoms with Crippen LogP contribution in [-0.2, 0) is 0 Å². The highest BCUT2D eigenvalue weighted by Crippen LogP contribution is 2.62. The average molecular weight is 320 g/mol. The highest BCUT2D eigenvalue weighted by Gasteiger charge is 2.74. The first-order valence-corrected chi connectivity index (χ1v) is 7.59. The molecule has 0 fully saturated rings. The molecule has 0 heterocycles. The summed E-state index contributed by atoms with van der Waals surface area (Å²) in [7, 11) is 0. The van der Waals surface area contributed by atoms with Crippen LogP contribution in [-0.4, -0.2) is 17.8 Å². The van der Waals surface area contributed by atoms with Crippen LogP contribution < -0.4 is 0 Å². The second kappa shape index (κ2) is 6.78. The van der Waals surface area contributed by atoms with Gasteiger partial charge in [0.2, 0.25) is 5.67 Å². The van der Waals surface area contributed by atoms with E-state index in [0.29, 0.717) is 0 Å². The van der Waals surface area contributed by atoms with Crippen molar-refractivity contribution in [3.8, 4) is 0 Å². The van der Waals surface area contributed by atoms with Gasteiger partial charge in [-0.15, -0.1) is 0 Å². The van der Waals surface area contributed by atoms with Gasteiger partial charge in [-0.1, -0.05) is 34.6 Å². The third-order valence-corrected chi connectivity index (χ3v) is 5.04. The van der Waals surface area contributed by atoms with Crippen molar-refractivity contribution in [2.24, 2.45) is 11.3 Å². The molecule has 6 heteroatoms. The van der Waals surface area contributed by atoms with Crippen molar-refractivity contribution in [3.63, 3.8) is 0 Å². The second-order valence-electron chi connectivity index (χ2n) is 5.58. The fourth-order valence-corrected chi connectivity index (χ4v) is 3.55. The Hall–Kier alpha value is -0.420. The van der Waals surface area contributed by atoms with E-state index < -0.39 is 48.4 Å². The monoisotopic (exact) mass is 320 g/mol. The van der Waals surface area contributed by atoms with Crippen LogP contribution in [0, 0.1) is 11.3 Å². The highest BCUT2D eigenvalue weighted by atomic mass is 19.4. The number of hydrogen-bond acceptors (Lipinski definition) is 0. The number of halogens is 6. The molecule has 0 aliphatic heterocycles. The lowest BCUT2D eigenvalue weighted by atomic mass is 9.60. The zero-order valence-electron chi connectivity index (χ0n) is 13.4. The predicted octanol–water partition coefficient (Wildman–Crippen LogP) is 6.54. The van der Waals surface area contributed by atoms with Gasteiger partial charge in [-0.3, -0.25) is 0 Å². The van der Waals surface area contributed by atoms with Crippen molar-refractivity contribution >= 4 is 0 Å². The lowest BCUT2D eigenvalue weighted by molar-refractivity contribution is -0.325. The Morgan fingerprint density at radius 1 is 0.667 bits per heavy atom. The zero-order valence-corrected chi connectivity index (χ0v) is 13.4. The van der Waals surface area contributed by atoms with Crippen molar-refractivity contribution in [2.75, 3.05) is 0 Å². The predicted molar refractivity (Wildman–Crippen MR) is 72.2 cm³/mol. The van der Waals surface area contributed by atoms with Gasteiger partial charge >= 0.3 is 6.18 Å². The topological polar surface area (TPSA) is 0 Å². The molecule has 0 N–H and O–H groups in total. The van der Waals surface area contributed by atoms with Gasteiger partial charge in [0.15, 0.2) is 0 Å². The summed E-state index contributed by atoms with van der Waals surface area (Å²) >= 11 is 0. The Morgan fingerprint density at radius 3 is 1.24 bits per heavy atom. The minimum atomic E-state index is -5.32. The van der Waals surface area contributed by atoms with E-state index in [1.807, 2.05) is 0 Å². The Balaban J connectivity index is 6.28. The molecule has 0 aliphatic rings. The van der Waals surface area contributed by atoms with Crippen molar-refractivity contribution < 1.29 is 26.3 Å². The quantitative estimate of drug-likeness (QED) is 0.445. The SMILES string of the molecule is CCC(CC)C(F)(F)C(CC)(CC)C(F)(CC)C(F)(F)F. The highest BCUT2D eigenvalue weighted by molar-refractivity contribution is 5.10. The lowest BCUT2D eigenvalue weighted by Gasteiger charge is -2.51. The van der Waals surface area contributed by atoms with Crippen LogP contribution in [0.5, 0.6) is 0 Å². The molecule has 0 saturated heterocycles. The van der Waals surface area contributed by atoms with Gasteiger partial charge in [-0.05, 0) is 32.1 Å². The van der Waals surface area contributed by atoms with Gasteiger partial charge in [-0.25, -0.2) is 13.2 Å². The van der Waals surface area contributed by atoms with Gasteiger partial charge in [0.25, 0.3) is 5.92 Å². The van der Waals surface area contributed by atoms with Gasteiger partial charge in [0.05, 0.1) is 5.41 Å². The summed E-state index contributed by atoms with van der Waals surface area (Å²) in [5.74, 6) is -4.98. The maximum absolute atomic E-state index is 14.9.